The van der Waals surface area contributed by atoms with Gasteiger partial charge in [-0.2, -0.15) is 0 Å². The SMILES string of the molecule is CCc1cc(NC(CC)C2CCCO2)nc(-c2ccccn2)n1. The van der Waals surface area contributed by atoms with E-state index in [1.807, 2.05) is 24.3 Å². The van der Waals surface area contributed by atoms with Gasteiger partial charge >= 0.3 is 0 Å². The second-order valence-corrected chi connectivity index (χ2v) is 5.85. The number of hydrogen-bond donors (Lipinski definition) is 1. The van der Waals surface area contributed by atoms with Crippen molar-refractivity contribution in [3.05, 3.63) is 36.2 Å². The number of nitrogens with one attached hydrogen (secondary N) is 1. The highest BCUT2D eigenvalue weighted by Crippen LogP contribution is 2.22. The molecule has 3 heterocycles. The second-order valence-electron chi connectivity index (χ2n) is 5.85. The van der Waals surface area contributed by atoms with Crippen molar-refractivity contribution in [2.45, 2.75) is 51.7 Å². The van der Waals surface area contributed by atoms with Crippen molar-refractivity contribution in [1.82, 2.24) is 15.0 Å². The third-order valence-electron chi connectivity index (χ3n) is 4.22. The second kappa shape index (κ2) is 7.51. The van der Waals surface area contributed by atoms with E-state index >= 15 is 0 Å². The maximum Gasteiger partial charge on any atom is 0.180 e. The summed E-state index contributed by atoms with van der Waals surface area (Å²) in [7, 11) is 0. The standard InChI is InChI=1S/C18H24N4O/c1-3-13-12-17(21-14(4-2)16-9-7-11-23-16)22-18(20-13)15-8-5-6-10-19-15/h5-6,8,10,12,14,16H,3-4,7,9,11H2,1-2H3,(H,20,21,22). The Morgan fingerprint density at radius 3 is 2.87 bits per heavy atom. The third-order valence-corrected chi connectivity index (χ3v) is 4.22. The summed E-state index contributed by atoms with van der Waals surface area (Å²) in [6, 6.07) is 8.11. The van der Waals surface area contributed by atoms with E-state index in [1.54, 1.807) is 6.20 Å². The average Bonchev–Trinajstić information content (AvgIpc) is 3.14. The maximum absolute atomic E-state index is 5.83. The fourth-order valence-corrected chi connectivity index (χ4v) is 2.93. The molecule has 0 radical (unpaired) electrons. The summed E-state index contributed by atoms with van der Waals surface area (Å²) in [4.78, 5) is 13.6. The van der Waals surface area contributed by atoms with E-state index < -0.39 is 0 Å². The zero-order valence-electron chi connectivity index (χ0n) is 13.8. The molecule has 1 N–H and O–H groups in total. The van der Waals surface area contributed by atoms with Gasteiger partial charge in [0.25, 0.3) is 0 Å². The first-order valence-electron chi connectivity index (χ1n) is 8.47. The van der Waals surface area contributed by atoms with Gasteiger partial charge in [0.1, 0.15) is 11.5 Å². The fourth-order valence-electron chi connectivity index (χ4n) is 2.93. The van der Waals surface area contributed by atoms with Crippen LogP contribution in [-0.4, -0.2) is 33.7 Å². The number of aryl methyl sites for hydroxylation is 1. The average molecular weight is 312 g/mol. The number of anilines is 1. The Bertz CT molecular complexity index is 626. The van der Waals surface area contributed by atoms with Crippen LogP contribution in [0.3, 0.4) is 0 Å². The van der Waals surface area contributed by atoms with E-state index in [-0.39, 0.29) is 12.1 Å². The minimum Gasteiger partial charge on any atom is -0.376 e. The van der Waals surface area contributed by atoms with Crippen LogP contribution in [0.25, 0.3) is 11.5 Å². The zero-order valence-corrected chi connectivity index (χ0v) is 13.8. The Balaban J connectivity index is 1.86. The van der Waals surface area contributed by atoms with Gasteiger partial charge in [0.2, 0.25) is 0 Å². The van der Waals surface area contributed by atoms with Gasteiger partial charge in [0, 0.05) is 24.6 Å². The smallest absolute Gasteiger partial charge is 0.180 e. The molecule has 5 nitrogen and oxygen atoms in total. The molecule has 2 atom stereocenters. The highest BCUT2D eigenvalue weighted by molar-refractivity contribution is 5.53. The molecule has 0 saturated carbocycles. The lowest BCUT2D eigenvalue weighted by atomic mass is 10.1. The summed E-state index contributed by atoms with van der Waals surface area (Å²) in [6.45, 7) is 5.15. The Labute approximate surface area is 137 Å². The number of nitrogens with zero attached hydrogens (tertiary/aromatic N) is 3. The summed E-state index contributed by atoms with van der Waals surface area (Å²) in [5.74, 6) is 1.54. The minimum absolute atomic E-state index is 0.276. The van der Waals surface area contributed by atoms with Gasteiger partial charge in [-0.1, -0.05) is 19.9 Å². The number of pyridine rings is 1. The normalized spacial score (nSPS) is 18.8. The van der Waals surface area contributed by atoms with Crippen molar-refractivity contribution < 1.29 is 4.74 Å². The number of rotatable bonds is 6. The predicted octanol–water partition coefficient (Wildman–Crippen LogP) is 3.47. The molecule has 2 aromatic heterocycles. The quantitative estimate of drug-likeness (QED) is 0.885. The summed E-state index contributed by atoms with van der Waals surface area (Å²) >= 11 is 0. The van der Waals surface area contributed by atoms with Crippen molar-refractivity contribution in [1.29, 1.82) is 0 Å². The van der Waals surface area contributed by atoms with Crippen molar-refractivity contribution in [3.63, 3.8) is 0 Å². The van der Waals surface area contributed by atoms with Gasteiger partial charge < -0.3 is 10.1 Å². The lowest BCUT2D eigenvalue weighted by molar-refractivity contribution is 0.0942. The molecule has 0 spiro atoms. The Morgan fingerprint density at radius 1 is 1.30 bits per heavy atom. The first kappa shape index (κ1) is 15.9. The van der Waals surface area contributed by atoms with E-state index in [9.17, 15) is 0 Å². The largest absolute Gasteiger partial charge is 0.376 e. The summed E-state index contributed by atoms with van der Waals surface area (Å²) in [5.41, 5.74) is 1.82. The van der Waals surface area contributed by atoms with Crippen molar-refractivity contribution in [2.75, 3.05) is 11.9 Å². The van der Waals surface area contributed by atoms with E-state index in [4.69, 9.17) is 4.74 Å². The molecule has 1 aliphatic rings. The molecule has 1 fully saturated rings. The Hall–Kier alpha value is -2.01. The molecule has 1 aliphatic heterocycles. The first-order chi connectivity index (χ1) is 11.3. The van der Waals surface area contributed by atoms with E-state index in [0.717, 1.165) is 49.5 Å². The first-order valence-corrected chi connectivity index (χ1v) is 8.47. The van der Waals surface area contributed by atoms with Crippen molar-refractivity contribution in [2.24, 2.45) is 0 Å². The molecule has 0 bridgehead atoms. The van der Waals surface area contributed by atoms with E-state index in [1.165, 1.54) is 0 Å². The summed E-state index contributed by atoms with van der Waals surface area (Å²) in [5, 5.41) is 3.55. The van der Waals surface area contributed by atoms with Crippen LogP contribution in [0, 0.1) is 0 Å². The van der Waals surface area contributed by atoms with Crippen molar-refractivity contribution >= 4 is 5.82 Å². The molecular formula is C18H24N4O. The minimum atomic E-state index is 0.276. The van der Waals surface area contributed by atoms with Gasteiger partial charge in [0.05, 0.1) is 12.1 Å². The van der Waals surface area contributed by atoms with Gasteiger partial charge in [-0.05, 0) is 37.8 Å². The van der Waals surface area contributed by atoms with Gasteiger partial charge in [-0.15, -0.1) is 0 Å². The Kier molecular flexibility index (Phi) is 5.18. The summed E-state index contributed by atoms with van der Waals surface area (Å²) < 4.78 is 5.83. The van der Waals surface area contributed by atoms with Crippen LogP contribution >= 0.6 is 0 Å². The van der Waals surface area contributed by atoms with Crippen LogP contribution in [0.1, 0.15) is 38.8 Å². The molecule has 2 aromatic rings. The topological polar surface area (TPSA) is 59.9 Å². The number of hydrogen-bond acceptors (Lipinski definition) is 5. The van der Waals surface area contributed by atoms with Crippen molar-refractivity contribution in [3.8, 4) is 11.5 Å². The molecule has 0 aliphatic carbocycles. The molecule has 0 aromatic carbocycles. The zero-order chi connectivity index (χ0) is 16.1. The van der Waals surface area contributed by atoms with Crippen LogP contribution in [-0.2, 0) is 11.2 Å². The van der Waals surface area contributed by atoms with Gasteiger partial charge in [-0.3, -0.25) is 4.98 Å². The fraction of sp³-hybridized carbons (Fsp3) is 0.500. The molecule has 3 rings (SSSR count). The highest BCUT2D eigenvalue weighted by atomic mass is 16.5. The van der Waals surface area contributed by atoms with E-state index in [0.29, 0.717) is 5.82 Å². The van der Waals surface area contributed by atoms with Crippen LogP contribution in [0.15, 0.2) is 30.5 Å². The number of ether oxygens (including phenoxy) is 1. The maximum atomic E-state index is 5.83. The molecule has 1 saturated heterocycles. The highest BCUT2D eigenvalue weighted by Gasteiger charge is 2.25. The number of aromatic nitrogens is 3. The summed E-state index contributed by atoms with van der Waals surface area (Å²) in [6.07, 6.45) is 6.18. The van der Waals surface area contributed by atoms with Crippen LogP contribution in [0.5, 0.6) is 0 Å². The molecule has 23 heavy (non-hydrogen) atoms. The Morgan fingerprint density at radius 2 is 2.22 bits per heavy atom. The van der Waals surface area contributed by atoms with Crippen LogP contribution < -0.4 is 5.32 Å². The predicted molar refractivity (Wildman–Crippen MR) is 91.3 cm³/mol. The third kappa shape index (κ3) is 3.85. The monoisotopic (exact) mass is 312 g/mol. The molecule has 122 valence electrons. The molecule has 0 amide bonds. The molecule has 2 unspecified atom stereocenters. The molecule has 5 heteroatoms. The lowest BCUT2D eigenvalue weighted by Crippen LogP contribution is -2.33. The van der Waals surface area contributed by atoms with E-state index in [2.05, 4.69) is 34.1 Å². The van der Waals surface area contributed by atoms with Crippen LogP contribution in [0.2, 0.25) is 0 Å². The van der Waals surface area contributed by atoms with Gasteiger partial charge in [-0.25, -0.2) is 9.97 Å². The van der Waals surface area contributed by atoms with Crippen LogP contribution in [0.4, 0.5) is 5.82 Å². The molecular weight excluding hydrogens is 288 g/mol. The lowest BCUT2D eigenvalue weighted by Gasteiger charge is -2.23. The van der Waals surface area contributed by atoms with Gasteiger partial charge in [0.15, 0.2) is 5.82 Å².